The lowest BCUT2D eigenvalue weighted by atomic mass is 9.22. The molecular formula is C19H24. The van der Waals surface area contributed by atoms with Gasteiger partial charge in [0.25, 0.3) is 0 Å². The molecule has 13 unspecified atom stereocenters. The number of hydrogen-bond acceptors (Lipinski definition) is 0. The SMILES string of the molecule is C1CC2CC3C4CC5CC6C7C8CC1C8C2C7C3C546. The zero-order valence-electron chi connectivity index (χ0n) is 11.7. The summed E-state index contributed by atoms with van der Waals surface area (Å²) in [5.41, 5.74) is 1.03. The standard InChI is InChI=1S/C19H24/c1-2-8-3-10-12-5-9-6-13-16-11-4-7(1)14(11)15(8)17(16)18(10)19(9,12)13/h7-18H,1-6H2. The molecule has 0 nitrogen and oxygen atoms in total. The molecule has 0 aromatic heterocycles. The van der Waals surface area contributed by atoms with Crippen molar-refractivity contribution in [1.82, 2.24) is 0 Å². The van der Waals surface area contributed by atoms with Crippen molar-refractivity contribution >= 4 is 0 Å². The Morgan fingerprint density at radius 3 is 2.32 bits per heavy atom. The highest BCUT2D eigenvalue weighted by Gasteiger charge is 2.89. The van der Waals surface area contributed by atoms with Gasteiger partial charge in [0, 0.05) is 0 Å². The molecule has 0 radical (unpaired) electrons. The summed E-state index contributed by atoms with van der Waals surface area (Å²) in [6.07, 6.45) is 10.1. The van der Waals surface area contributed by atoms with Gasteiger partial charge in [-0.25, -0.2) is 0 Å². The first-order valence-corrected chi connectivity index (χ1v) is 9.40. The number of rotatable bonds is 0. The molecule has 0 aliphatic heterocycles. The fraction of sp³-hybridized carbons (Fsp3) is 1.00. The summed E-state index contributed by atoms with van der Waals surface area (Å²) in [6.45, 7) is 0. The summed E-state index contributed by atoms with van der Waals surface area (Å²) in [5, 5.41) is 0. The minimum Gasteiger partial charge on any atom is -0.0499 e. The second kappa shape index (κ2) is 2.26. The van der Waals surface area contributed by atoms with E-state index in [1.165, 1.54) is 71.0 Å². The van der Waals surface area contributed by atoms with Crippen LogP contribution in [-0.2, 0) is 0 Å². The lowest BCUT2D eigenvalue weighted by Crippen LogP contribution is -2.77. The molecule has 13 atom stereocenters. The third-order valence-electron chi connectivity index (χ3n) is 11.0. The minimum atomic E-state index is 1.03. The highest BCUT2D eigenvalue weighted by atomic mass is 14.9. The van der Waals surface area contributed by atoms with Crippen molar-refractivity contribution < 1.29 is 0 Å². The van der Waals surface area contributed by atoms with E-state index in [0.717, 1.165) is 5.41 Å². The zero-order valence-corrected chi connectivity index (χ0v) is 11.7. The fourth-order valence-corrected chi connectivity index (χ4v) is 11.2. The van der Waals surface area contributed by atoms with Gasteiger partial charge in [0.2, 0.25) is 0 Å². The topological polar surface area (TPSA) is 0 Å². The second-order valence-electron chi connectivity index (χ2n) is 10.1. The van der Waals surface area contributed by atoms with Gasteiger partial charge in [-0.2, -0.15) is 0 Å². The molecular weight excluding hydrogens is 228 g/mol. The molecule has 0 heteroatoms. The Balaban J connectivity index is 1.40. The fourth-order valence-electron chi connectivity index (χ4n) is 11.2. The van der Waals surface area contributed by atoms with Crippen LogP contribution in [-0.4, -0.2) is 0 Å². The molecule has 100 valence electrons. The van der Waals surface area contributed by atoms with Crippen molar-refractivity contribution in [2.24, 2.45) is 76.4 Å². The lowest BCUT2D eigenvalue weighted by molar-refractivity contribution is -0.344. The molecule has 0 aromatic carbocycles. The van der Waals surface area contributed by atoms with E-state index in [-0.39, 0.29) is 0 Å². The maximum atomic E-state index is 1.71. The first kappa shape index (κ1) is 9.11. The van der Waals surface area contributed by atoms with Crippen LogP contribution in [0.5, 0.6) is 0 Å². The Morgan fingerprint density at radius 1 is 0.632 bits per heavy atom. The van der Waals surface area contributed by atoms with Crippen molar-refractivity contribution in [2.45, 2.75) is 38.5 Å². The van der Waals surface area contributed by atoms with Gasteiger partial charge < -0.3 is 0 Å². The van der Waals surface area contributed by atoms with Crippen LogP contribution in [0.1, 0.15) is 38.5 Å². The molecule has 0 amide bonds. The van der Waals surface area contributed by atoms with E-state index in [1.807, 2.05) is 0 Å². The predicted octanol–water partition coefficient (Wildman–Crippen LogP) is 3.82. The van der Waals surface area contributed by atoms with Crippen LogP contribution in [0.25, 0.3) is 0 Å². The summed E-state index contributed by atoms with van der Waals surface area (Å²) >= 11 is 0. The Labute approximate surface area is 115 Å². The van der Waals surface area contributed by atoms with Crippen LogP contribution in [0.2, 0.25) is 0 Å². The van der Waals surface area contributed by atoms with Gasteiger partial charge in [-0.3, -0.25) is 0 Å². The van der Waals surface area contributed by atoms with E-state index in [4.69, 9.17) is 0 Å². The van der Waals surface area contributed by atoms with Crippen LogP contribution >= 0.6 is 0 Å². The summed E-state index contributed by atoms with van der Waals surface area (Å²) < 4.78 is 0. The Morgan fingerprint density at radius 2 is 1.42 bits per heavy atom. The van der Waals surface area contributed by atoms with E-state index < -0.39 is 0 Å². The number of fused-ring (bicyclic) bond motifs is 3. The maximum Gasteiger partial charge on any atom is -0.0173 e. The maximum absolute atomic E-state index is 1.71. The van der Waals surface area contributed by atoms with Crippen molar-refractivity contribution in [3.63, 3.8) is 0 Å². The van der Waals surface area contributed by atoms with Crippen LogP contribution in [0.15, 0.2) is 0 Å². The van der Waals surface area contributed by atoms with Crippen LogP contribution in [0.3, 0.4) is 0 Å². The minimum absolute atomic E-state index is 1.03. The van der Waals surface area contributed by atoms with Gasteiger partial charge in [0.05, 0.1) is 0 Å². The molecule has 0 heterocycles. The average Bonchev–Trinajstić information content (AvgIpc) is 2.77. The molecule has 8 rings (SSSR count). The van der Waals surface area contributed by atoms with Gasteiger partial charge in [0.15, 0.2) is 0 Å². The van der Waals surface area contributed by atoms with Gasteiger partial charge in [0.1, 0.15) is 0 Å². The van der Waals surface area contributed by atoms with E-state index in [2.05, 4.69) is 0 Å². The monoisotopic (exact) mass is 252 g/mol. The molecule has 8 aliphatic carbocycles. The first-order chi connectivity index (χ1) is 9.40. The quantitative estimate of drug-likeness (QED) is 0.615. The summed E-state index contributed by atoms with van der Waals surface area (Å²) in [4.78, 5) is 0. The molecule has 8 aliphatic rings. The largest absolute Gasteiger partial charge is 0.0499 e. The van der Waals surface area contributed by atoms with Gasteiger partial charge >= 0.3 is 0 Å². The van der Waals surface area contributed by atoms with Gasteiger partial charge in [-0.15, -0.1) is 0 Å². The molecule has 0 N–H and O–H groups in total. The van der Waals surface area contributed by atoms with Crippen molar-refractivity contribution in [3.05, 3.63) is 0 Å². The Kier molecular flexibility index (Phi) is 1.08. The lowest BCUT2D eigenvalue weighted by Gasteiger charge is -2.82. The normalized spacial score (nSPS) is 85.9. The molecule has 8 fully saturated rings. The molecule has 8 saturated carbocycles. The molecule has 19 heavy (non-hydrogen) atoms. The predicted molar refractivity (Wildman–Crippen MR) is 72.0 cm³/mol. The van der Waals surface area contributed by atoms with E-state index in [0.29, 0.717) is 0 Å². The molecule has 0 bridgehead atoms. The smallest absolute Gasteiger partial charge is 0.0173 e. The molecule has 0 aromatic rings. The first-order valence-electron chi connectivity index (χ1n) is 9.40. The highest BCUT2D eigenvalue weighted by Crippen LogP contribution is 2.94. The van der Waals surface area contributed by atoms with Crippen molar-refractivity contribution in [1.29, 1.82) is 0 Å². The van der Waals surface area contributed by atoms with Crippen LogP contribution in [0.4, 0.5) is 0 Å². The van der Waals surface area contributed by atoms with E-state index in [1.54, 1.807) is 38.5 Å². The third-order valence-corrected chi connectivity index (χ3v) is 11.0. The van der Waals surface area contributed by atoms with Gasteiger partial charge in [-0.1, -0.05) is 0 Å². The van der Waals surface area contributed by atoms with E-state index >= 15 is 0 Å². The summed E-state index contributed by atoms with van der Waals surface area (Å²) in [7, 11) is 0. The molecule has 0 saturated heterocycles. The summed E-state index contributed by atoms with van der Waals surface area (Å²) in [5.74, 6) is 15.1. The van der Waals surface area contributed by atoms with Crippen LogP contribution in [0, 0.1) is 76.4 Å². The number of hydrogen-bond donors (Lipinski definition) is 0. The Hall–Kier alpha value is 0. The van der Waals surface area contributed by atoms with Crippen molar-refractivity contribution in [3.8, 4) is 0 Å². The Bertz CT molecular complexity index is 530. The summed E-state index contributed by atoms with van der Waals surface area (Å²) in [6, 6.07) is 0. The van der Waals surface area contributed by atoms with Gasteiger partial charge in [-0.05, 0) is 115 Å². The highest BCUT2D eigenvalue weighted by molar-refractivity contribution is 5.36. The van der Waals surface area contributed by atoms with Crippen molar-refractivity contribution in [2.75, 3.05) is 0 Å². The third kappa shape index (κ3) is 0.582. The van der Waals surface area contributed by atoms with Crippen LogP contribution < -0.4 is 0 Å². The zero-order chi connectivity index (χ0) is 11.7. The second-order valence-corrected chi connectivity index (χ2v) is 10.1. The van der Waals surface area contributed by atoms with E-state index in [9.17, 15) is 0 Å². The molecule has 1 spiro atoms. The average molecular weight is 252 g/mol.